The predicted molar refractivity (Wildman–Crippen MR) is 203 cm³/mol. The molecule has 2 atom stereocenters. The molecule has 53 heavy (non-hydrogen) atoms. The van der Waals surface area contributed by atoms with E-state index in [9.17, 15) is 19.2 Å². The summed E-state index contributed by atoms with van der Waals surface area (Å²) in [5.74, 6) is -1.81. The fraction of sp³-hybridized carbons (Fsp3) is 0.425. The van der Waals surface area contributed by atoms with Gasteiger partial charge in [0.2, 0.25) is 11.8 Å². The normalized spacial score (nSPS) is 12.8. The third kappa shape index (κ3) is 12.0. The molecule has 1 aromatic heterocycles. The van der Waals surface area contributed by atoms with E-state index in [1.807, 2.05) is 86.6 Å². The van der Waals surface area contributed by atoms with E-state index in [0.717, 1.165) is 27.3 Å². The average Bonchev–Trinajstić information content (AvgIpc) is 3.11. The van der Waals surface area contributed by atoms with Crippen molar-refractivity contribution in [3.8, 4) is 0 Å². The Hall–Kier alpha value is -5.11. The Balaban J connectivity index is 1.53. The molecule has 13 heteroatoms. The van der Waals surface area contributed by atoms with Gasteiger partial charge in [-0.2, -0.15) is 0 Å². The van der Waals surface area contributed by atoms with E-state index in [4.69, 9.17) is 14.2 Å². The number of hydrogen-bond donors (Lipinski definition) is 3. The summed E-state index contributed by atoms with van der Waals surface area (Å²) in [5.41, 5.74) is 4.22. The number of amides is 4. The highest BCUT2D eigenvalue weighted by atomic mass is 16.7. The van der Waals surface area contributed by atoms with Gasteiger partial charge in [-0.1, -0.05) is 66.7 Å². The lowest BCUT2D eigenvalue weighted by molar-refractivity contribution is -0.180. The number of urea groups is 1. The van der Waals surface area contributed by atoms with Gasteiger partial charge in [0, 0.05) is 44.9 Å². The Kier molecular flexibility index (Phi) is 14.7. The van der Waals surface area contributed by atoms with Gasteiger partial charge in [0.15, 0.2) is 6.29 Å². The summed E-state index contributed by atoms with van der Waals surface area (Å²) in [6, 6.07) is 20.8. The highest BCUT2D eigenvalue weighted by Gasteiger charge is 2.36. The van der Waals surface area contributed by atoms with Gasteiger partial charge < -0.3 is 29.7 Å². The first-order valence-electron chi connectivity index (χ1n) is 17.9. The summed E-state index contributed by atoms with van der Waals surface area (Å²) in [5, 5.41) is 9.83. The SMILES string of the molecule is CCOC(OCC)C(C)N(Cc1cccc2cccnc12)C(=O)C(CC(=O)OC(C)(C)C)NC(=O)CN(C)NC(=O)NCc1cccc2ccccc12. The van der Waals surface area contributed by atoms with E-state index in [-0.39, 0.29) is 19.6 Å². The molecular weight excluding hydrogens is 676 g/mol. The topological polar surface area (TPSA) is 151 Å². The number of ether oxygens (including phenoxy) is 3. The van der Waals surface area contributed by atoms with Crippen LogP contribution < -0.4 is 16.1 Å². The summed E-state index contributed by atoms with van der Waals surface area (Å²) in [7, 11) is 1.53. The van der Waals surface area contributed by atoms with Crippen molar-refractivity contribution in [2.24, 2.45) is 0 Å². The lowest BCUT2D eigenvalue weighted by Crippen LogP contribution is -2.56. The highest BCUT2D eigenvalue weighted by Crippen LogP contribution is 2.23. The molecule has 0 bridgehead atoms. The molecule has 0 spiro atoms. The lowest BCUT2D eigenvalue weighted by atomic mass is 10.0. The standard InChI is InChI=1S/C40H52N6O7/c1-8-51-38(52-9-2)27(3)46(25-31-19-13-17-29-20-14-22-41-36(29)31)37(49)33(23-35(48)53-40(4,5)6)43-34(47)26-45(7)44-39(50)42-24-30-18-12-16-28-15-10-11-21-32(28)30/h10-22,27,33,38H,8-9,23-26H2,1-7H3,(H,43,47)(H2,42,44,50). The van der Waals surface area contributed by atoms with Crippen LogP contribution in [-0.4, -0.2) is 89.5 Å². The van der Waals surface area contributed by atoms with E-state index in [1.165, 1.54) is 17.0 Å². The Morgan fingerprint density at radius 2 is 1.49 bits per heavy atom. The number of hydrazine groups is 1. The summed E-state index contributed by atoms with van der Waals surface area (Å²) in [4.78, 5) is 60.2. The molecule has 2 unspecified atom stereocenters. The molecule has 0 fully saturated rings. The molecule has 1 heterocycles. The van der Waals surface area contributed by atoms with E-state index < -0.39 is 54.2 Å². The number of pyridine rings is 1. The maximum absolute atomic E-state index is 14.6. The summed E-state index contributed by atoms with van der Waals surface area (Å²) in [6.07, 6.45) is 0.456. The van der Waals surface area contributed by atoms with Crippen molar-refractivity contribution in [2.75, 3.05) is 26.8 Å². The van der Waals surface area contributed by atoms with E-state index in [1.54, 1.807) is 33.9 Å². The molecule has 284 valence electrons. The zero-order valence-corrected chi connectivity index (χ0v) is 31.7. The number of rotatable bonds is 17. The van der Waals surface area contributed by atoms with Crippen LogP contribution in [0.5, 0.6) is 0 Å². The van der Waals surface area contributed by atoms with Crippen molar-refractivity contribution in [2.45, 2.75) is 85.0 Å². The third-order valence-corrected chi connectivity index (χ3v) is 8.30. The predicted octanol–water partition coefficient (Wildman–Crippen LogP) is 5.07. The second kappa shape index (κ2) is 19.1. The van der Waals surface area contributed by atoms with Crippen LogP contribution >= 0.6 is 0 Å². The minimum Gasteiger partial charge on any atom is -0.460 e. The van der Waals surface area contributed by atoms with Crippen LogP contribution in [0.2, 0.25) is 0 Å². The first kappa shape index (κ1) is 40.7. The second-order valence-electron chi connectivity index (χ2n) is 13.7. The van der Waals surface area contributed by atoms with Gasteiger partial charge in [0.25, 0.3) is 0 Å². The molecule has 4 amide bonds. The number of carbonyl (C=O) groups excluding carboxylic acids is 4. The second-order valence-corrected chi connectivity index (χ2v) is 13.7. The molecule has 0 saturated heterocycles. The minimum atomic E-state index is -1.32. The molecule has 0 aliphatic heterocycles. The van der Waals surface area contributed by atoms with E-state index in [0.29, 0.717) is 18.7 Å². The number of fused-ring (bicyclic) bond motifs is 2. The number of para-hydroxylation sites is 1. The first-order valence-corrected chi connectivity index (χ1v) is 17.9. The fourth-order valence-electron chi connectivity index (χ4n) is 5.98. The zero-order valence-electron chi connectivity index (χ0n) is 31.7. The van der Waals surface area contributed by atoms with Gasteiger partial charge in [-0.25, -0.2) is 9.80 Å². The molecule has 0 aliphatic rings. The quantitative estimate of drug-likeness (QED) is 0.0770. The molecule has 13 nitrogen and oxygen atoms in total. The maximum atomic E-state index is 14.6. The maximum Gasteiger partial charge on any atom is 0.329 e. The van der Waals surface area contributed by atoms with Crippen LogP contribution in [-0.2, 0) is 41.7 Å². The van der Waals surface area contributed by atoms with Gasteiger partial charge in [0.05, 0.1) is 24.5 Å². The number of nitrogens with one attached hydrogen (secondary N) is 3. The molecule has 0 saturated carbocycles. The smallest absolute Gasteiger partial charge is 0.329 e. The van der Waals surface area contributed by atoms with Gasteiger partial charge in [0.1, 0.15) is 11.6 Å². The Morgan fingerprint density at radius 3 is 2.19 bits per heavy atom. The fourth-order valence-corrected chi connectivity index (χ4v) is 5.98. The monoisotopic (exact) mass is 728 g/mol. The van der Waals surface area contributed by atoms with Gasteiger partial charge in [-0.05, 0) is 69.5 Å². The Bertz CT molecular complexity index is 1850. The summed E-state index contributed by atoms with van der Waals surface area (Å²) in [6.45, 7) is 11.3. The molecule has 4 rings (SSSR count). The Labute approximate surface area is 311 Å². The van der Waals surface area contributed by atoms with Gasteiger partial charge in [-0.15, -0.1) is 0 Å². The number of carbonyl (C=O) groups is 4. The summed E-state index contributed by atoms with van der Waals surface area (Å²) < 4.78 is 17.4. The third-order valence-electron chi connectivity index (χ3n) is 8.30. The van der Waals surface area contributed by atoms with Crippen molar-refractivity contribution < 1.29 is 33.4 Å². The molecule has 3 aromatic carbocycles. The number of benzene rings is 3. The van der Waals surface area contributed by atoms with Crippen LogP contribution in [0, 0.1) is 0 Å². The van der Waals surface area contributed by atoms with E-state index in [2.05, 4.69) is 21.0 Å². The van der Waals surface area contributed by atoms with Crippen molar-refractivity contribution in [3.63, 3.8) is 0 Å². The van der Waals surface area contributed by atoms with Crippen molar-refractivity contribution in [1.82, 2.24) is 31.0 Å². The van der Waals surface area contributed by atoms with E-state index >= 15 is 0 Å². The molecular formula is C40H52N6O7. The highest BCUT2D eigenvalue weighted by molar-refractivity contribution is 5.92. The van der Waals surface area contributed by atoms with Crippen LogP contribution in [0.25, 0.3) is 21.7 Å². The Morgan fingerprint density at radius 1 is 0.849 bits per heavy atom. The number of esters is 1. The molecule has 3 N–H and O–H groups in total. The molecule has 4 aromatic rings. The largest absolute Gasteiger partial charge is 0.460 e. The summed E-state index contributed by atoms with van der Waals surface area (Å²) >= 11 is 0. The van der Waals surface area contributed by atoms with Crippen molar-refractivity contribution in [3.05, 3.63) is 90.1 Å². The van der Waals surface area contributed by atoms with Crippen LogP contribution in [0.3, 0.4) is 0 Å². The minimum absolute atomic E-state index is 0.0873. The zero-order chi connectivity index (χ0) is 38.5. The number of likely N-dealkylation sites (N-methyl/N-ethyl adjacent to an activating group) is 1. The number of hydrogen-bond acceptors (Lipinski definition) is 9. The van der Waals surface area contributed by atoms with Crippen LogP contribution in [0.15, 0.2) is 79.0 Å². The van der Waals surface area contributed by atoms with Gasteiger partial charge >= 0.3 is 12.0 Å². The molecule has 0 radical (unpaired) electrons. The number of nitrogens with zero attached hydrogens (tertiary/aromatic N) is 3. The van der Waals surface area contributed by atoms with Gasteiger partial charge in [-0.3, -0.25) is 24.8 Å². The van der Waals surface area contributed by atoms with Crippen molar-refractivity contribution >= 4 is 45.5 Å². The average molecular weight is 729 g/mol. The van der Waals surface area contributed by atoms with Crippen LogP contribution in [0.1, 0.15) is 59.1 Å². The lowest BCUT2D eigenvalue weighted by Gasteiger charge is -2.36. The first-order chi connectivity index (χ1) is 25.3. The number of aromatic nitrogens is 1. The molecule has 0 aliphatic carbocycles. The van der Waals surface area contributed by atoms with Crippen molar-refractivity contribution in [1.29, 1.82) is 0 Å². The van der Waals surface area contributed by atoms with Crippen LogP contribution in [0.4, 0.5) is 4.79 Å².